The van der Waals surface area contributed by atoms with Crippen LogP contribution in [0.2, 0.25) is 0 Å². The van der Waals surface area contributed by atoms with Crippen LogP contribution >= 0.6 is 0 Å². The number of fused-ring (bicyclic) bond motifs is 3. The van der Waals surface area contributed by atoms with Crippen molar-refractivity contribution in [3.8, 4) is 5.75 Å². The fourth-order valence-corrected chi connectivity index (χ4v) is 5.35. The highest BCUT2D eigenvalue weighted by Crippen LogP contribution is 2.37. The third-order valence-electron chi connectivity index (χ3n) is 5.20. The number of aldehydes is 1. The lowest BCUT2D eigenvalue weighted by Crippen LogP contribution is -2.13. The SMILES string of the molecule is COCc1c(C=O)ncc2c1c1cc(OC(C)C)ccc1n2S(=O)(=O)c1ccc(C)cc1. The van der Waals surface area contributed by atoms with E-state index in [2.05, 4.69) is 4.98 Å². The first kappa shape index (κ1) is 22.0. The Labute approximate surface area is 186 Å². The van der Waals surface area contributed by atoms with Crippen molar-refractivity contribution in [3.05, 3.63) is 65.5 Å². The number of aromatic nitrogens is 2. The number of ether oxygens (including phenoxy) is 2. The second-order valence-electron chi connectivity index (χ2n) is 7.86. The van der Waals surface area contributed by atoms with E-state index in [0.29, 0.717) is 39.4 Å². The van der Waals surface area contributed by atoms with Crippen LogP contribution in [0.4, 0.5) is 0 Å². The van der Waals surface area contributed by atoms with Crippen molar-refractivity contribution >= 4 is 38.1 Å². The zero-order valence-electron chi connectivity index (χ0n) is 18.3. The Bertz CT molecular complexity index is 1420. The number of carbonyl (C=O) groups excluding carboxylic acids is 1. The van der Waals surface area contributed by atoms with Gasteiger partial charge in [-0.15, -0.1) is 0 Å². The summed E-state index contributed by atoms with van der Waals surface area (Å²) in [5, 5.41) is 1.25. The molecule has 0 spiro atoms. The number of hydrogen-bond acceptors (Lipinski definition) is 6. The topological polar surface area (TPSA) is 87.5 Å². The monoisotopic (exact) mass is 452 g/mol. The lowest BCUT2D eigenvalue weighted by molar-refractivity contribution is 0.111. The highest BCUT2D eigenvalue weighted by Gasteiger charge is 2.26. The number of carbonyl (C=O) groups is 1. The number of aryl methyl sites for hydroxylation is 1. The van der Waals surface area contributed by atoms with E-state index in [1.165, 1.54) is 17.3 Å². The van der Waals surface area contributed by atoms with Gasteiger partial charge in [0.2, 0.25) is 0 Å². The van der Waals surface area contributed by atoms with Gasteiger partial charge in [-0.25, -0.2) is 12.4 Å². The van der Waals surface area contributed by atoms with Crippen LogP contribution in [0.25, 0.3) is 21.8 Å². The fourth-order valence-electron chi connectivity index (χ4n) is 3.84. The largest absolute Gasteiger partial charge is 0.491 e. The van der Waals surface area contributed by atoms with E-state index >= 15 is 0 Å². The molecule has 2 aromatic heterocycles. The highest BCUT2D eigenvalue weighted by atomic mass is 32.2. The summed E-state index contributed by atoms with van der Waals surface area (Å²) < 4.78 is 39.9. The summed E-state index contributed by atoms with van der Waals surface area (Å²) >= 11 is 0. The predicted molar refractivity (Wildman–Crippen MR) is 123 cm³/mol. The molecule has 166 valence electrons. The lowest BCUT2D eigenvalue weighted by atomic mass is 10.1. The van der Waals surface area contributed by atoms with Gasteiger partial charge in [0.05, 0.1) is 34.8 Å². The molecule has 0 saturated carbocycles. The number of nitrogens with zero attached hydrogens (tertiary/aromatic N) is 2. The number of hydrogen-bond donors (Lipinski definition) is 0. The maximum absolute atomic E-state index is 13.7. The van der Waals surface area contributed by atoms with E-state index in [9.17, 15) is 13.2 Å². The van der Waals surface area contributed by atoms with Crippen molar-refractivity contribution in [1.29, 1.82) is 0 Å². The fraction of sp³-hybridized carbons (Fsp3) is 0.250. The normalized spacial score (nSPS) is 12.0. The van der Waals surface area contributed by atoms with Crippen LogP contribution < -0.4 is 4.74 Å². The van der Waals surface area contributed by atoms with Crippen LogP contribution in [-0.2, 0) is 21.4 Å². The van der Waals surface area contributed by atoms with Gasteiger partial charge in [-0.3, -0.25) is 9.78 Å². The molecule has 0 saturated heterocycles. The third kappa shape index (κ3) is 3.65. The molecule has 0 unspecified atom stereocenters. The van der Waals surface area contributed by atoms with E-state index in [1.54, 1.807) is 42.5 Å². The molecule has 2 heterocycles. The Balaban J connectivity index is 2.14. The third-order valence-corrected chi connectivity index (χ3v) is 6.94. The molecule has 4 rings (SSSR count). The molecule has 0 N–H and O–H groups in total. The molecule has 0 aliphatic heterocycles. The summed E-state index contributed by atoms with van der Waals surface area (Å²) in [6.45, 7) is 5.84. The summed E-state index contributed by atoms with van der Waals surface area (Å²) in [7, 11) is -2.43. The van der Waals surface area contributed by atoms with Gasteiger partial charge in [-0.2, -0.15) is 0 Å². The summed E-state index contributed by atoms with van der Waals surface area (Å²) in [6, 6.07) is 11.9. The first-order valence-electron chi connectivity index (χ1n) is 10.2. The molecule has 0 radical (unpaired) electrons. The Hall–Kier alpha value is -3.23. The number of benzene rings is 2. The standard InChI is InChI=1S/C24H24N2O5S/c1-15(2)31-17-7-10-22-19(11-17)24-20(14-30-4)21(13-27)25-12-23(24)26(22)32(28,29)18-8-5-16(3)6-9-18/h5-13,15H,14H2,1-4H3. The molecule has 4 aromatic rings. The number of methoxy groups -OCH3 is 1. The molecule has 32 heavy (non-hydrogen) atoms. The average molecular weight is 453 g/mol. The summed E-state index contributed by atoms with van der Waals surface area (Å²) in [4.78, 5) is 16.1. The Morgan fingerprint density at radius 2 is 1.81 bits per heavy atom. The highest BCUT2D eigenvalue weighted by molar-refractivity contribution is 7.90. The summed E-state index contributed by atoms with van der Waals surface area (Å²) in [6.07, 6.45) is 2.02. The van der Waals surface area contributed by atoms with Crippen molar-refractivity contribution < 1.29 is 22.7 Å². The maximum atomic E-state index is 13.7. The molecule has 8 heteroatoms. The quantitative estimate of drug-likeness (QED) is 0.384. The predicted octanol–water partition coefficient (Wildman–Crippen LogP) is 4.48. The van der Waals surface area contributed by atoms with Gasteiger partial charge in [0.15, 0.2) is 6.29 Å². The molecule has 0 aliphatic rings. The van der Waals surface area contributed by atoms with Crippen LogP contribution in [0.15, 0.2) is 53.6 Å². The Morgan fingerprint density at radius 1 is 1.09 bits per heavy atom. The van der Waals surface area contributed by atoms with Gasteiger partial charge >= 0.3 is 0 Å². The van der Waals surface area contributed by atoms with E-state index in [1.807, 2.05) is 20.8 Å². The van der Waals surface area contributed by atoms with E-state index in [-0.39, 0.29) is 23.3 Å². The first-order valence-corrected chi connectivity index (χ1v) is 11.6. The molecule has 0 aliphatic carbocycles. The number of rotatable bonds is 7. The summed E-state index contributed by atoms with van der Waals surface area (Å²) in [5.74, 6) is 0.604. The van der Waals surface area contributed by atoms with Gasteiger partial charge in [-0.1, -0.05) is 17.7 Å². The van der Waals surface area contributed by atoms with Gasteiger partial charge in [-0.05, 0) is 51.1 Å². The van der Waals surface area contributed by atoms with Crippen LogP contribution in [0, 0.1) is 6.92 Å². The molecule has 0 bridgehead atoms. The van der Waals surface area contributed by atoms with Crippen LogP contribution in [0.1, 0.15) is 35.5 Å². The molecule has 0 atom stereocenters. The second kappa shape index (κ2) is 8.37. The minimum absolute atomic E-state index is 0.0530. The van der Waals surface area contributed by atoms with Crippen molar-refractivity contribution in [2.24, 2.45) is 0 Å². The minimum atomic E-state index is -3.95. The van der Waals surface area contributed by atoms with Crippen LogP contribution in [0.5, 0.6) is 5.75 Å². The smallest absolute Gasteiger partial charge is 0.268 e. The number of pyridine rings is 1. The van der Waals surface area contributed by atoms with Crippen molar-refractivity contribution in [3.63, 3.8) is 0 Å². The average Bonchev–Trinajstić information content (AvgIpc) is 3.08. The molecule has 2 aromatic carbocycles. The summed E-state index contributed by atoms with van der Waals surface area (Å²) in [5.41, 5.74) is 2.55. The van der Waals surface area contributed by atoms with Crippen molar-refractivity contribution in [1.82, 2.24) is 8.96 Å². The zero-order valence-corrected chi connectivity index (χ0v) is 19.1. The maximum Gasteiger partial charge on any atom is 0.268 e. The molecular weight excluding hydrogens is 428 g/mol. The van der Waals surface area contributed by atoms with Gasteiger partial charge in [0.25, 0.3) is 10.0 Å². The van der Waals surface area contributed by atoms with Crippen molar-refractivity contribution in [2.75, 3.05) is 7.11 Å². The van der Waals surface area contributed by atoms with E-state index in [0.717, 1.165) is 5.56 Å². The molecule has 0 fully saturated rings. The molecule has 7 nitrogen and oxygen atoms in total. The second-order valence-corrected chi connectivity index (χ2v) is 9.65. The molecule has 0 amide bonds. The van der Waals surface area contributed by atoms with E-state index < -0.39 is 10.0 Å². The van der Waals surface area contributed by atoms with Crippen LogP contribution in [0.3, 0.4) is 0 Å². The minimum Gasteiger partial charge on any atom is -0.491 e. The Kier molecular flexibility index (Phi) is 5.75. The van der Waals surface area contributed by atoms with Gasteiger partial charge in [0, 0.05) is 23.4 Å². The Morgan fingerprint density at radius 3 is 2.44 bits per heavy atom. The lowest BCUT2D eigenvalue weighted by Gasteiger charge is -2.11. The van der Waals surface area contributed by atoms with E-state index in [4.69, 9.17) is 9.47 Å². The van der Waals surface area contributed by atoms with Gasteiger partial charge in [0.1, 0.15) is 11.4 Å². The van der Waals surface area contributed by atoms with Crippen molar-refractivity contribution in [2.45, 2.75) is 38.4 Å². The van der Waals surface area contributed by atoms with Crippen LogP contribution in [-0.4, -0.2) is 36.9 Å². The van der Waals surface area contributed by atoms with Gasteiger partial charge < -0.3 is 9.47 Å². The molecular formula is C24H24N2O5S. The zero-order chi connectivity index (χ0) is 23.0. The first-order chi connectivity index (χ1) is 15.3.